The minimum Gasteiger partial charge on any atom is -0.396 e. The molecule has 0 amide bonds. The highest BCUT2D eigenvalue weighted by Crippen LogP contribution is 2.29. The number of hydrogen-bond donors (Lipinski definition) is 2. The lowest BCUT2D eigenvalue weighted by atomic mass is 9.96. The first kappa shape index (κ1) is 12.8. The monoisotopic (exact) mass is 259 g/mol. The van der Waals surface area contributed by atoms with Crippen LogP contribution in [0.5, 0.6) is 0 Å². The summed E-state index contributed by atoms with van der Waals surface area (Å²) in [7, 11) is 0. The van der Waals surface area contributed by atoms with Crippen molar-refractivity contribution in [2.75, 3.05) is 26.3 Å². The molecular weight excluding hydrogens is 245 g/mol. The van der Waals surface area contributed by atoms with E-state index in [4.69, 9.17) is 16.3 Å². The summed E-state index contributed by atoms with van der Waals surface area (Å²) in [5.74, 6) is -0.485. The Morgan fingerprint density at radius 2 is 2.35 bits per heavy atom. The van der Waals surface area contributed by atoms with Gasteiger partial charge in [0.1, 0.15) is 5.82 Å². The third-order valence-electron chi connectivity index (χ3n) is 2.92. The van der Waals surface area contributed by atoms with Crippen molar-refractivity contribution in [3.8, 4) is 0 Å². The Kier molecular flexibility index (Phi) is 4.34. The summed E-state index contributed by atoms with van der Waals surface area (Å²) in [6, 6.07) is 4.54. The maximum absolute atomic E-state index is 13.1. The summed E-state index contributed by atoms with van der Waals surface area (Å²) in [6.07, 6.45) is -0.243. The van der Waals surface area contributed by atoms with Crippen LogP contribution in [0.4, 0.5) is 4.39 Å². The van der Waals surface area contributed by atoms with Crippen LogP contribution in [-0.2, 0) is 4.74 Å². The van der Waals surface area contributed by atoms with Crippen LogP contribution in [0.3, 0.4) is 0 Å². The summed E-state index contributed by atoms with van der Waals surface area (Å²) >= 11 is 5.76. The van der Waals surface area contributed by atoms with Crippen molar-refractivity contribution in [1.82, 2.24) is 5.32 Å². The van der Waals surface area contributed by atoms with Crippen molar-refractivity contribution in [3.05, 3.63) is 34.6 Å². The third kappa shape index (κ3) is 2.96. The molecule has 2 N–H and O–H groups in total. The second-order valence-corrected chi connectivity index (χ2v) is 4.52. The minimum absolute atomic E-state index is 0.0205. The van der Waals surface area contributed by atoms with Gasteiger partial charge in [0.2, 0.25) is 0 Å². The van der Waals surface area contributed by atoms with Gasteiger partial charge in [-0.05, 0) is 17.7 Å². The van der Waals surface area contributed by atoms with E-state index in [1.54, 1.807) is 12.1 Å². The zero-order chi connectivity index (χ0) is 12.3. The fraction of sp³-hybridized carbons (Fsp3) is 0.500. The van der Waals surface area contributed by atoms with Gasteiger partial charge in [0.15, 0.2) is 0 Å². The molecule has 0 aromatic heterocycles. The van der Waals surface area contributed by atoms with Crippen LogP contribution in [0.25, 0.3) is 0 Å². The fourth-order valence-electron chi connectivity index (χ4n) is 2.01. The summed E-state index contributed by atoms with van der Waals surface area (Å²) in [4.78, 5) is 0. The topological polar surface area (TPSA) is 41.5 Å². The molecule has 1 aliphatic rings. The molecule has 17 heavy (non-hydrogen) atoms. The number of aliphatic hydroxyl groups excluding tert-OH is 1. The normalized spacial score (nSPS) is 25.6. The average molecular weight is 260 g/mol. The molecule has 0 unspecified atom stereocenters. The Hall–Kier alpha value is -0.680. The minimum atomic E-state index is -0.442. The van der Waals surface area contributed by atoms with Crippen LogP contribution < -0.4 is 5.32 Å². The maximum Gasteiger partial charge on any atom is 0.141 e. The molecule has 5 heteroatoms. The van der Waals surface area contributed by atoms with Crippen LogP contribution in [-0.4, -0.2) is 31.4 Å². The van der Waals surface area contributed by atoms with Crippen LogP contribution in [0.1, 0.15) is 11.7 Å². The van der Waals surface area contributed by atoms with E-state index in [-0.39, 0.29) is 23.7 Å². The van der Waals surface area contributed by atoms with Crippen molar-refractivity contribution in [2.45, 2.75) is 6.10 Å². The first-order valence-electron chi connectivity index (χ1n) is 5.60. The molecule has 0 aliphatic carbocycles. The van der Waals surface area contributed by atoms with Crippen molar-refractivity contribution < 1.29 is 14.2 Å². The number of aliphatic hydroxyl groups is 1. The van der Waals surface area contributed by atoms with Crippen LogP contribution in [0.15, 0.2) is 18.2 Å². The number of halogens is 2. The van der Waals surface area contributed by atoms with Crippen molar-refractivity contribution in [3.63, 3.8) is 0 Å². The molecule has 1 aliphatic heterocycles. The number of benzene rings is 1. The summed E-state index contributed by atoms with van der Waals surface area (Å²) in [5, 5.41) is 12.6. The molecule has 1 saturated heterocycles. The lowest BCUT2D eigenvalue weighted by molar-refractivity contribution is 0.0115. The molecule has 0 saturated carbocycles. The molecule has 2 rings (SSSR count). The molecule has 3 nitrogen and oxygen atoms in total. The Morgan fingerprint density at radius 1 is 1.53 bits per heavy atom. The number of nitrogens with one attached hydrogen (secondary N) is 1. The highest BCUT2D eigenvalue weighted by atomic mass is 35.5. The molecule has 0 radical (unpaired) electrons. The molecule has 0 spiro atoms. The molecule has 1 fully saturated rings. The van der Waals surface area contributed by atoms with Crippen LogP contribution in [0, 0.1) is 11.7 Å². The van der Waals surface area contributed by atoms with Crippen molar-refractivity contribution >= 4 is 11.6 Å². The largest absolute Gasteiger partial charge is 0.396 e. The molecule has 1 aromatic rings. The van der Waals surface area contributed by atoms with Crippen LogP contribution in [0.2, 0.25) is 5.02 Å². The smallest absolute Gasteiger partial charge is 0.141 e. The van der Waals surface area contributed by atoms with E-state index in [2.05, 4.69) is 5.32 Å². The Bertz CT molecular complexity index is 389. The fourth-order valence-corrected chi connectivity index (χ4v) is 2.20. The van der Waals surface area contributed by atoms with Gasteiger partial charge in [-0.3, -0.25) is 0 Å². The van der Waals surface area contributed by atoms with Gasteiger partial charge in [-0.25, -0.2) is 4.39 Å². The second kappa shape index (κ2) is 5.78. The first-order chi connectivity index (χ1) is 8.22. The van der Waals surface area contributed by atoms with E-state index < -0.39 is 5.82 Å². The second-order valence-electron chi connectivity index (χ2n) is 4.11. The quantitative estimate of drug-likeness (QED) is 0.850. The Balaban J connectivity index is 2.25. The summed E-state index contributed by atoms with van der Waals surface area (Å²) < 4.78 is 18.8. The Morgan fingerprint density at radius 3 is 3.06 bits per heavy atom. The average Bonchev–Trinajstić information content (AvgIpc) is 2.57. The van der Waals surface area contributed by atoms with Gasteiger partial charge in [0, 0.05) is 25.6 Å². The van der Waals surface area contributed by atoms with Gasteiger partial charge in [-0.15, -0.1) is 0 Å². The third-order valence-corrected chi connectivity index (χ3v) is 3.21. The van der Waals surface area contributed by atoms with Gasteiger partial charge >= 0.3 is 0 Å². The molecular formula is C12H15ClFNO2. The van der Waals surface area contributed by atoms with E-state index in [1.165, 1.54) is 6.07 Å². The molecule has 1 aromatic carbocycles. The number of hydrogen-bond acceptors (Lipinski definition) is 3. The Labute approximate surface area is 105 Å². The lowest BCUT2D eigenvalue weighted by Gasteiger charge is -2.23. The van der Waals surface area contributed by atoms with Gasteiger partial charge in [-0.1, -0.05) is 17.7 Å². The molecule has 0 bridgehead atoms. The zero-order valence-electron chi connectivity index (χ0n) is 9.33. The van der Waals surface area contributed by atoms with Gasteiger partial charge in [0.05, 0.1) is 17.7 Å². The molecule has 2 atom stereocenters. The highest BCUT2D eigenvalue weighted by molar-refractivity contribution is 6.30. The predicted octanol–water partition coefficient (Wildman–Crippen LogP) is 1.75. The SMILES string of the molecule is OC[C@@H]1CNCCO[C@@H]1c1ccc(F)c(Cl)c1. The van der Waals surface area contributed by atoms with Gasteiger partial charge in [0.25, 0.3) is 0 Å². The summed E-state index contributed by atoms with van der Waals surface area (Å²) in [6.45, 7) is 2.01. The first-order valence-corrected chi connectivity index (χ1v) is 5.98. The van der Waals surface area contributed by atoms with Crippen molar-refractivity contribution in [1.29, 1.82) is 0 Å². The summed E-state index contributed by atoms with van der Waals surface area (Å²) in [5.41, 5.74) is 0.805. The van der Waals surface area contributed by atoms with Gasteiger partial charge < -0.3 is 15.2 Å². The zero-order valence-corrected chi connectivity index (χ0v) is 10.1. The highest BCUT2D eigenvalue weighted by Gasteiger charge is 2.25. The van der Waals surface area contributed by atoms with E-state index in [0.717, 1.165) is 12.1 Å². The van der Waals surface area contributed by atoms with Crippen LogP contribution >= 0.6 is 11.6 Å². The number of rotatable bonds is 2. The standard InChI is InChI=1S/C12H15ClFNO2/c13-10-5-8(1-2-11(10)14)12-9(7-16)6-15-3-4-17-12/h1-2,5,9,12,15-16H,3-4,6-7H2/t9-,12+/m0/s1. The predicted molar refractivity (Wildman–Crippen MR) is 63.5 cm³/mol. The van der Waals surface area contributed by atoms with Gasteiger partial charge in [-0.2, -0.15) is 0 Å². The van der Waals surface area contributed by atoms with E-state index in [9.17, 15) is 9.50 Å². The lowest BCUT2D eigenvalue weighted by Crippen LogP contribution is -2.27. The molecule has 94 valence electrons. The van der Waals surface area contributed by atoms with E-state index in [1.807, 2.05) is 0 Å². The van der Waals surface area contributed by atoms with E-state index in [0.29, 0.717) is 13.2 Å². The van der Waals surface area contributed by atoms with Crippen molar-refractivity contribution in [2.24, 2.45) is 5.92 Å². The molecule has 1 heterocycles. The number of ether oxygens (including phenoxy) is 1. The maximum atomic E-state index is 13.1. The van der Waals surface area contributed by atoms with E-state index >= 15 is 0 Å².